The minimum absolute atomic E-state index is 0.179. The summed E-state index contributed by atoms with van der Waals surface area (Å²) in [6, 6.07) is 32.9. The van der Waals surface area contributed by atoms with Crippen molar-refractivity contribution in [3.8, 4) is 0 Å². The van der Waals surface area contributed by atoms with E-state index in [1.54, 1.807) is 24.3 Å². The summed E-state index contributed by atoms with van der Waals surface area (Å²) in [7, 11) is 5.89. The van der Waals surface area contributed by atoms with Gasteiger partial charge in [0.2, 0.25) is 0 Å². The minimum atomic E-state index is -0.273. The van der Waals surface area contributed by atoms with Crippen LogP contribution in [0.2, 0.25) is 0 Å². The fourth-order valence-electron chi connectivity index (χ4n) is 6.64. The fourth-order valence-corrected chi connectivity index (χ4v) is 6.64. The quantitative estimate of drug-likeness (QED) is 0.130. The van der Waals surface area contributed by atoms with E-state index in [0.29, 0.717) is 22.5 Å². The first-order chi connectivity index (χ1) is 20.1. The maximum absolute atomic E-state index is 13.1. The van der Waals surface area contributed by atoms with E-state index in [2.05, 4.69) is 99.3 Å². The lowest BCUT2D eigenvalue weighted by atomic mass is 9.71. The van der Waals surface area contributed by atoms with Gasteiger partial charge in [0.05, 0.1) is 16.9 Å². The number of para-hydroxylation sites is 1. The van der Waals surface area contributed by atoms with Crippen LogP contribution in [0, 0.1) is 0 Å². The molecule has 42 heavy (non-hydrogen) atoms. The van der Waals surface area contributed by atoms with Crippen molar-refractivity contribution in [1.82, 2.24) is 0 Å². The van der Waals surface area contributed by atoms with Gasteiger partial charge in [0.25, 0.3) is 0 Å². The third-order valence-corrected chi connectivity index (χ3v) is 8.84. The van der Waals surface area contributed by atoms with Gasteiger partial charge in [-0.1, -0.05) is 99.9 Å². The number of hydrogen-bond acceptors (Lipinski definition) is 3. The van der Waals surface area contributed by atoms with Crippen molar-refractivity contribution in [2.75, 3.05) is 4.90 Å². The summed E-state index contributed by atoms with van der Waals surface area (Å²) in [5.41, 5.74) is 9.34. The number of allylic oxidation sites excluding steroid dienone is 1. The highest BCUT2D eigenvalue weighted by Gasteiger charge is 2.39. The highest BCUT2D eigenvalue weighted by molar-refractivity contribution is 6.43. The average molecular weight is 543 g/mol. The third kappa shape index (κ3) is 3.89. The Kier molecular flexibility index (Phi) is 5.88. The van der Waals surface area contributed by atoms with Crippen molar-refractivity contribution in [2.45, 2.75) is 39.0 Å². The monoisotopic (exact) mass is 543 g/mol. The molecule has 0 saturated carbocycles. The second-order valence-electron chi connectivity index (χ2n) is 12.2. The van der Waals surface area contributed by atoms with Crippen LogP contribution in [0.3, 0.4) is 0 Å². The van der Waals surface area contributed by atoms with Crippen molar-refractivity contribution >= 4 is 58.8 Å². The van der Waals surface area contributed by atoms with Crippen LogP contribution in [0.4, 0.5) is 17.1 Å². The Morgan fingerprint density at radius 3 is 2.26 bits per heavy atom. The molecule has 0 fully saturated rings. The zero-order valence-electron chi connectivity index (χ0n) is 24.2. The molecule has 0 aromatic heterocycles. The topological polar surface area (TPSA) is 37.4 Å². The van der Waals surface area contributed by atoms with Crippen LogP contribution in [0.1, 0.15) is 76.6 Å². The molecule has 2 aliphatic rings. The van der Waals surface area contributed by atoms with E-state index >= 15 is 0 Å². The second kappa shape index (κ2) is 9.42. The Labute approximate surface area is 247 Å². The van der Waals surface area contributed by atoms with Gasteiger partial charge >= 0.3 is 0 Å². The zero-order valence-corrected chi connectivity index (χ0v) is 24.2. The standard InChI is InChI=1S/C38H30BNO2/c1-22(2)24-11-16-33-32(20-24)38(3,4)35-28-14-10-23(19-31-36(41)29-15-13-26(39)21-30(29)37(31)42)18-25(28)12-17-34(35)40(33)27-8-6-5-7-9-27/h5-22H,1-4H3/b31-19-. The van der Waals surface area contributed by atoms with Gasteiger partial charge in [-0.2, -0.15) is 0 Å². The van der Waals surface area contributed by atoms with Gasteiger partial charge in [-0.15, -0.1) is 0 Å². The van der Waals surface area contributed by atoms with Crippen molar-refractivity contribution in [3.63, 3.8) is 0 Å². The first-order valence-electron chi connectivity index (χ1n) is 14.4. The molecule has 1 aliphatic carbocycles. The Morgan fingerprint density at radius 1 is 0.762 bits per heavy atom. The molecule has 1 heterocycles. The number of ketones is 2. The number of carbonyl (C=O) groups excluding carboxylic acids is 2. The average Bonchev–Trinajstić information content (AvgIpc) is 3.21. The maximum atomic E-state index is 13.1. The van der Waals surface area contributed by atoms with E-state index in [9.17, 15) is 9.59 Å². The number of nitrogens with zero attached hydrogens (tertiary/aromatic N) is 1. The Balaban J connectivity index is 1.40. The highest BCUT2D eigenvalue weighted by Crippen LogP contribution is 2.54. The number of fused-ring (bicyclic) bond motifs is 5. The predicted molar refractivity (Wildman–Crippen MR) is 173 cm³/mol. The molecule has 0 spiro atoms. The molecular formula is C38H30BNO2. The summed E-state index contributed by atoms with van der Waals surface area (Å²) >= 11 is 0. The smallest absolute Gasteiger partial charge is 0.197 e. The van der Waals surface area contributed by atoms with Gasteiger partial charge in [-0.3, -0.25) is 9.59 Å². The molecule has 1 aliphatic heterocycles. The second-order valence-corrected chi connectivity index (χ2v) is 12.2. The molecule has 0 saturated heterocycles. The largest absolute Gasteiger partial charge is 0.310 e. The Morgan fingerprint density at radius 2 is 1.50 bits per heavy atom. The van der Waals surface area contributed by atoms with Gasteiger partial charge in [-0.05, 0) is 75.4 Å². The van der Waals surface area contributed by atoms with Crippen LogP contribution in [-0.2, 0) is 5.41 Å². The van der Waals surface area contributed by atoms with Gasteiger partial charge in [0, 0.05) is 22.2 Å². The number of anilines is 3. The molecule has 0 atom stereocenters. The molecule has 0 bridgehead atoms. The molecule has 0 amide bonds. The lowest BCUT2D eigenvalue weighted by Gasteiger charge is -2.43. The molecule has 3 nitrogen and oxygen atoms in total. The van der Waals surface area contributed by atoms with Crippen molar-refractivity contribution in [2.24, 2.45) is 0 Å². The van der Waals surface area contributed by atoms with Crippen molar-refractivity contribution in [1.29, 1.82) is 0 Å². The molecule has 202 valence electrons. The summed E-state index contributed by atoms with van der Waals surface area (Å²) in [4.78, 5) is 28.6. The van der Waals surface area contributed by atoms with Gasteiger partial charge in [0.15, 0.2) is 11.6 Å². The molecule has 5 aromatic rings. The van der Waals surface area contributed by atoms with Crippen molar-refractivity contribution in [3.05, 3.63) is 136 Å². The number of Topliss-reactive ketones (excluding diaryl/α,β-unsaturated/α-hetero) is 2. The molecule has 0 N–H and O–H groups in total. The molecule has 0 unspecified atom stereocenters. The van der Waals surface area contributed by atoms with Crippen LogP contribution in [0.5, 0.6) is 0 Å². The normalized spacial score (nSPS) is 16.2. The lowest BCUT2D eigenvalue weighted by Crippen LogP contribution is -2.31. The molecule has 2 radical (unpaired) electrons. The number of hydrogen-bond donors (Lipinski definition) is 0. The third-order valence-electron chi connectivity index (χ3n) is 8.84. The fraction of sp³-hybridized carbons (Fsp3) is 0.158. The first-order valence-corrected chi connectivity index (χ1v) is 14.4. The SMILES string of the molecule is [B]c1ccc2c(c1)C(=O)/C(=C\c1ccc3c4c(ccc3c1)N(c1ccccc1)c1ccc(C(C)C)cc1C4(C)C)C2=O. The summed E-state index contributed by atoms with van der Waals surface area (Å²) in [5, 5.41) is 2.22. The maximum Gasteiger partial charge on any atom is 0.197 e. The first kappa shape index (κ1) is 26.2. The van der Waals surface area contributed by atoms with E-state index < -0.39 is 0 Å². The van der Waals surface area contributed by atoms with E-state index in [-0.39, 0.29) is 22.6 Å². The lowest BCUT2D eigenvalue weighted by molar-refractivity contribution is 0.0990. The summed E-state index contributed by atoms with van der Waals surface area (Å²) < 4.78 is 0. The van der Waals surface area contributed by atoms with E-state index in [1.165, 1.54) is 22.4 Å². The minimum Gasteiger partial charge on any atom is -0.310 e. The van der Waals surface area contributed by atoms with Gasteiger partial charge in [0.1, 0.15) is 7.85 Å². The van der Waals surface area contributed by atoms with Crippen LogP contribution in [0.15, 0.2) is 103 Å². The Bertz CT molecular complexity index is 1980. The zero-order chi connectivity index (χ0) is 29.3. The number of carbonyl (C=O) groups is 2. The van der Waals surface area contributed by atoms with Gasteiger partial charge in [-0.25, -0.2) is 0 Å². The van der Waals surface area contributed by atoms with Crippen LogP contribution in [-0.4, -0.2) is 19.4 Å². The van der Waals surface area contributed by atoms with Crippen LogP contribution < -0.4 is 10.4 Å². The highest BCUT2D eigenvalue weighted by atomic mass is 16.2. The van der Waals surface area contributed by atoms with Gasteiger partial charge < -0.3 is 4.90 Å². The predicted octanol–water partition coefficient (Wildman–Crippen LogP) is 8.33. The van der Waals surface area contributed by atoms with E-state index in [1.807, 2.05) is 12.1 Å². The number of rotatable bonds is 3. The number of benzene rings is 5. The molecule has 4 heteroatoms. The molecule has 7 rings (SSSR count). The summed E-state index contributed by atoms with van der Waals surface area (Å²) in [6.07, 6.45) is 1.71. The van der Waals surface area contributed by atoms with E-state index in [0.717, 1.165) is 27.7 Å². The van der Waals surface area contributed by atoms with E-state index in [4.69, 9.17) is 7.85 Å². The Hall–Kier alpha value is -4.70. The molecule has 5 aromatic carbocycles. The molecular weight excluding hydrogens is 513 g/mol. The summed E-state index contributed by atoms with van der Waals surface area (Å²) in [5.74, 6) is -0.104. The summed E-state index contributed by atoms with van der Waals surface area (Å²) in [6.45, 7) is 9.09. The van der Waals surface area contributed by atoms with Crippen LogP contribution in [0.25, 0.3) is 16.8 Å². The van der Waals surface area contributed by atoms with Crippen molar-refractivity contribution < 1.29 is 9.59 Å². The van der Waals surface area contributed by atoms with Crippen LogP contribution >= 0.6 is 0 Å².